The molecule has 0 radical (unpaired) electrons. The van der Waals surface area contributed by atoms with Crippen molar-refractivity contribution in [2.75, 3.05) is 12.8 Å². The van der Waals surface area contributed by atoms with E-state index < -0.39 is 11.7 Å². The second-order valence-corrected chi connectivity index (χ2v) is 4.11. The first-order valence-corrected chi connectivity index (χ1v) is 5.92. The Morgan fingerprint density at radius 1 is 1.45 bits per heavy atom. The maximum atomic E-state index is 13.4. The van der Waals surface area contributed by atoms with E-state index in [9.17, 15) is 9.18 Å². The fourth-order valence-corrected chi connectivity index (χ4v) is 1.77. The lowest BCUT2D eigenvalue weighted by molar-refractivity contribution is 0.0946. The van der Waals surface area contributed by atoms with Gasteiger partial charge in [0, 0.05) is 24.0 Å². The van der Waals surface area contributed by atoms with Crippen molar-refractivity contribution >= 4 is 11.6 Å². The van der Waals surface area contributed by atoms with Gasteiger partial charge in [0.15, 0.2) is 5.82 Å². The number of hydrogen-bond donors (Lipinski definition) is 2. The third kappa shape index (κ3) is 3.03. The summed E-state index contributed by atoms with van der Waals surface area (Å²) in [5, 5.41) is 2.62. The first-order valence-electron chi connectivity index (χ1n) is 5.92. The predicted octanol–water partition coefficient (Wildman–Crippen LogP) is 1.74. The maximum absolute atomic E-state index is 13.4. The fraction of sp³-hybridized carbons (Fsp3) is 0.143. The van der Waals surface area contributed by atoms with Crippen LogP contribution in [0.5, 0.6) is 5.75 Å². The molecule has 0 spiro atoms. The third-order valence-corrected chi connectivity index (χ3v) is 2.76. The molecule has 3 N–H and O–H groups in total. The van der Waals surface area contributed by atoms with Crippen molar-refractivity contribution in [3.63, 3.8) is 0 Å². The van der Waals surface area contributed by atoms with Gasteiger partial charge in [-0.3, -0.25) is 9.78 Å². The number of aromatic nitrogens is 1. The van der Waals surface area contributed by atoms with Crippen LogP contribution >= 0.6 is 0 Å². The second-order valence-electron chi connectivity index (χ2n) is 4.11. The molecule has 2 aromatic rings. The zero-order valence-electron chi connectivity index (χ0n) is 10.9. The molecule has 20 heavy (non-hydrogen) atoms. The lowest BCUT2D eigenvalue weighted by Crippen LogP contribution is -2.24. The number of carbonyl (C=O) groups excluding carboxylic acids is 1. The van der Waals surface area contributed by atoms with Crippen molar-refractivity contribution in [2.45, 2.75) is 6.54 Å². The summed E-state index contributed by atoms with van der Waals surface area (Å²) in [7, 11) is 1.53. The molecule has 0 aliphatic rings. The largest absolute Gasteiger partial charge is 0.496 e. The molecule has 1 heterocycles. The fourth-order valence-electron chi connectivity index (χ4n) is 1.77. The molecule has 0 unspecified atom stereocenters. The summed E-state index contributed by atoms with van der Waals surface area (Å²) in [4.78, 5) is 15.5. The van der Waals surface area contributed by atoms with E-state index in [4.69, 9.17) is 10.5 Å². The van der Waals surface area contributed by atoms with Crippen molar-refractivity contribution < 1.29 is 13.9 Å². The lowest BCUT2D eigenvalue weighted by atomic mass is 10.1. The van der Waals surface area contributed by atoms with Crippen molar-refractivity contribution in [1.29, 1.82) is 0 Å². The molecule has 0 aliphatic heterocycles. The number of anilines is 1. The maximum Gasteiger partial charge on any atom is 0.254 e. The number of nitrogen functional groups attached to an aromatic ring is 1. The van der Waals surface area contributed by atoms with Gasteiger partial charge in [-0.15, -0.1) is 0 Å². The molecule has 1 aromatic heterocycles. The normalized spacial score (nSPS) is 10.1. The number of rotatable bonds is 4. The summed E-state index contributed by atoms with van der Waals surface area (Å²) < 4.78 is 18.6. The molecule has 104 valence electrons. The minimum Gasteiger partial charge on any atom is -0.496 e. The van der Waals surface area contributed by atoms with Gasteiger partial charge in [-0.2, -0.15) is 0 Å². The second kappa shape index (κ2) is 6.01. The number of halogens is 1. The number of nitrogens with one attached hydrogen (secondary N) is 1. The van der Waals surface area contributed by atoms with Gasteiger partial charge < -0.3 is 15.8 Å². The van der Waals surface area contributed by atoms with Gasteiger partial charge >= 0.3 is 0 Å². The van der Waals surface area contributed by atoms with Gasteiger partial charge in [0.05, 0.1) is 18.9 Å². The van der Waals surface area contributed by atoms with Gasteiger partial charge in [-0.05, 0) is 24.3 Å². The number of carbonyl (C=O) groups is 1. The van der Waals surface area contributed by atoms with Crippen LogP contribution in [0.4, 0.5) is 10.1 Å². The minimum atomic E-state index is -0.662. The smallest absolute Gasteiger partial charge is 0.254 e. The number of pyridine rings is 1. The summed E-state index contributed by atoms with van der Waals surface area (Å²) >= 11 is 0. The Balaban J connectivity index is 2.11. The van der Waals surface area contributed by atoms with Gasteiger partial charge in [0.1, 0.15) is 5.75 Å². The van der Waals surface area contributed by atoms with E-state index in [-0.39, 0.29) is 12.1 Å². The average Bonchev–Trinajstić information content (AvgIpc) is 2.45. The highest BCUT2D eigenvalue weighted by atomic mass is 19.1. The van der Waals surface area contributed by atoms with E-state index >= 15 is 0 Å². The zero-order valence-corrected chi connectivity index (χ0v) is 10.9. The Bertz CT molecular complexity index is 632. The summed E-state index contributed by atoms with van der Waals surface area (Å²) in [6.07, 6.45) is 2.36. The van der Waals surface area contributed by atoms with Gasteiger partial charge in [-0.1, -0.05) is 0 Å². The van der Waals surface area contributed by atoms with E-state index in [1.54, 1.807) is 18.2 Å². The van der Waals surface area contributed by atoms with Crippen LogP contribution in [0.15, 0.2) is 36.7 Å². The van der Waals surface area contributed by atoms with Gasteiger partial charge in [-0.25, -0.2) is 4.39 Å². The summed E-state index contributed by atoms with van der Waals surface area (Å²) in [5.74, 6) is -0.575. The van der Waals surface area contributed by atoms with Gasteiger partial charge in [0.25, 0.3) is 5.91 Å². The number of nitrogens with zero attached hydrogens (tertiary/aromatic N) is 1. The summed E-state index contributed by atoms with van der Waals surface area (Å²) in [6, 6.07) is 6.43. The average molecular weight is 275 g/mol. The van der Waals surface area contributed by atoms with Gasteiger partial charge in [0.2, 0.25) is 0 Å². The van der Waals surface area contributed by atoms with Crippen molar-refractivity contribution in [3.05, 3.63) is 53.6 Å². The highest BCUT2D eigenvalue weighted by Gasteiger charge is 2.12. The Morgan fingerprint density at radius 2 is 2.25 bits per heavy atom. The highest BCUT2D eigenvalue weighted by Crippen LogP contribution is 2.20. The summed E-state index contributed by atoms with van der Waals surface area (Å²) in [5.41, 5.74) is 6.91. The Kier molecular flexibility index (Phi) is 4.14. The molecule has 0 saturated heterocycles. The lowest BCUT2D eigenvalue weighted by Gasteiger charge is -2.10. The van der Waals surface area contributed by atoms with Crippen LogP contribution in [-0.2, 0) is 6.54 Å². The minimum absolute atomic E-state index is 0.0529. The molecule has 0 aliphatic carbocycles. The third-order valence-electron chi connectivity index (χ3n) is 2.76. The molecule has 1 aromatic carbocycles. The molecule has 0 fully saturated rings. The Labute approximate surface area is 115 Å². The van der Waals surface area contributed by atoms with Crippen LogP contribution in [0.2, 0.25) is 0 Å². The molecular formula is C14H14FN3O2. The Morgan fingerprint density at radius 3 is 2.95 bits per heavy atom. The number of nitrogens with two attached hydrogens (primary N) is 1. The standard InChI is InChI=1S/C14H14FN3O2/c1-20-13-3-2-10(16)6-9(13)7-18-14(19)11-4-5-17-8-12(11)15/h2-6,8H,7,16H2,1H3,(H,18,19). The Hall–Kier alpha value is -2.63. The summed E-state index contributed by atoms with van der Waals surface area (Å²) in [6.45, 7) is 0.189. The van der Waals surface area contributed by atoms with E-state index in [2.05, 4.69) is 10.3 Å². The molecule has 0 bridgehead atoms. The molecule has 5 nitrogen and oxygen atoms in total. The molecule has 6 heteroatoms. The van der Waals surface area contributed by atoms with Crippen LogP contribution < -0.4 is 15.8 Å². The van der Waals surface area contributed by atoms with Crippen molar-refractivity contribution in [3.8, 4) is 5.75 Å². The zero-order chi connectivity index (χ0) is 14.5. The topological polar surface area (TPSA) is 77.2 Å². The van der Waals surface area contributed by atoms with Crippen LogP contribution in [-0.4, -0.2) is 18.0 Å². The predicted molar refractivity (Wildman–Crippen MR) is 72.8 cm³/mol. The van der Waals surface area contributed by atoms with Crippen molar-refractivity contribution in [2.24, 2.45) is 0 Å². The first kappa shape index (κ1) is 13.8. The van der Waals surface area contributed by atoms with Crippen LogP contribution in [0.25, 0.3) is 0 Å². The number of ether oxygens (including phenoxy) is 1. The molecule has 2 rings (SSSR count). The first-order chi connectivity index (χ1) is 9.61. The van der Waals surface area contributed by atoms with E-state index in [1.807, 2.05) is 0 Å². The quantitative estimate of drug-likeness (QED) is 0.833. The number of amides is 1. The van der Waals surface area contributed by atoms with Crippen LogP contribution in [0, 0.1) is 5.82 Å². The SMILES string of the molecule is COc1ccc(N)cc1CNC(=O)c1ccncc1F. The number of hydrogen-bond acceptors (Lipinski definition) is 4. The van der Waals surface area contributed by atoms with E-state index in [0.717, 1.165) is 11.8 Å². The van der Waals surface area contributed by atoms with Crippen molar-refractivity contribution in [1.82, 2.24) is 10.3 Å². The molecular weight excluding hydrogens is 261 g/mol. The van der Waals surface area contributed by atoms with E-state index in [0.29, 0.717) is 11.4 Å². The monoisotopic (exact) mass is 275 g/mol. The van der Waals surface area contributed by atoms with Crippen LogP contribution in [0.3, 0.4) is 0 Å². The number of benzene rings is 1. The van der Waals surface area contributed by atoms with E-state index in [1.165, 1.54) is 19.4 Å². The molecule has 0 saturated carbocycles. The number of methoxy groups -OCH3 is 1. The highest BCUT2D eigenvalue weighted by molar-refractivity contribution is 5.94. The van der Waals surface area contributed by atoms with Crippen LogP contribution in [0.1, 0.15) is 15.9 Å². The molecule has 0 atom stereocenters. The molecule has 1 amide bonds.